The van der Waals surface area contributed by atoms with E-state index in [1.165, 1.54) is 4.31 Å². The molecule has 0 aliphatic rings. The van der Waals surface area contributed by atoms with Crippen molar-refractivity contribution in [2.75, 3.05) is 26.5 Å². The molecule has 0 fully saturated rings. The fourth-order valence-electron chi connectivity index (χ4n) is 2.51. The summed E-state index contributed by atoms with van der Waals surface area (Å²) in [4.78, 5) is 16.0. The molecule has 8 heteroatoms. The zero-order chi connectivity index (χ0) is 19.7. The van der Waals surface area contributed by atoms with Crippen LogP contribution in [0.1, 0.15) is 17.5 Å². The summed E-state index contributed by atoms with van der Waals surface area (Å²) in [6.45, 7) is 0.852. The van der Waals surface area contributed by atoms with E-state index in [0.29, 0.717) is 13.0 Å². The van der Waals surface area contributed by atoms with E-state index < -0.39 is 10.0 Å². The molecule has 0 bridgehead atoms. The number of ether oxygens (including phenoxy) is 1. The third kappa shape index (κ3) is 7.36. The van der Waals surface area contributed by atoms with Crippen LogP contribution >= 0.6 is 0 Å². The third-order valence-corrected chi connectivity index (χ3v) is 5.31. The predicted molar refractivity (Wildman–Crippen MR) is 104 cm³/mol. The summed E-state index contributed by atoms with van der Waals surface area (Å²) in [6.07, 6.45) is 5.18. The Balaban J connectivity index is 1.79. The predicted octanol–water partition coefficient (Wildman–Crippen LogP) is 1.60. The second kappa shape index (κ2) is 10.0. The first-order valence-electron chi connectivity index (χ1n) is 8.62. The third-order valence-electron chi connectivity index (χ3n) is 4.06. The Labute approximate surface area is 160 Å². The molecule has 0 unspecified atom stereocenters. The normalized spacial score (nSPS) is 11.4. The molecule has 0 atom stereocenters. The standard InChI is InChI=1S/C19H25N3O4S/c1-26-18-5-3-16(4-6-18)9-13-21-19(23)10-14-22(27(2,24)25)15-17-7-11-20-12-8-17/h3-8,11-12H,9-10,13-15H2,1-2H3,(H,21,23). The Morgan fingerprint density at radius 2 is 1.78 bits per heavy atom. The van der Waals surface area contributed by atoms with Crippen LogP contribution in [0.5, 0.6) is 5.75 Å². The van der Waals surface area contributed by atoms with Gasteiger partial charge in [0.05, 0.1) is 13.4 Å². The molecule has 27 heavy (non-hydrogen) atoms. The van der Waals surface area contributed by atoms with Crippen LogP contribution in [0, 0.1) is 0 Å². The number of amides is 1. The maximum absolute atomic E-state index is 12.1. The Kier molecular flexibility index (Phi) is 7.75. The Morgan fingerprint density at radius 3 is 2.37 bits per heavy atom. The van der Waals surface area contributed by atoms with Crippen molar-refractivity contribution in [2.24, 2.45) is 0 Å². The van der Waals surface area contributed by atoms with Gasteiger partial charge in [0.15, 0.2) is 0 Å². The maximum atomic E-state index is 12.1. The quantitative estimate of drug-likeness (QED) is 0.665. The highest BCUT2D eigenvalue weighted by Crippen LogP contribution is 2.11. The number of nitrogens with zero attached hydrogens (tertiary/aromatic N) is 2. The van der Waals surface area contributed by atoms with Crippen molar-refractivity contribution in [1.29, 1.82) is 0 Å². The summed E-state index contributed by atoms with van der Waals surface area (Å²) in [5.41, 5.74) is 1.92. The van der Waals surface area contributed by atoms with Crippen LogP contribution in [-0.2, 0) is 27.8 Å². The zero-order valence-corrected chi connectivity index (χ0v) is 16.4. The van der Waals surface area contributed by atoms with Crippen molar-refractivity contribution >= 4 is 15.9 Å². The van der Waals surface area contributed by atoms with Gasteiger partial charge in [-0.1, -0.05) is 12.1 Å². The van der Waals surface area contributed by atoms with E-state index in [1.54, 1.807) is 31.6 Å². The average molecular weight is 391 g/mol. The van der Waals surface area contributed by atoms with Gasteiger partial charge in [0.2, 0.25) is 15.9 Å². The van der Waals surface area contributed by atoms with Gasteiger partial charge in [-0.05, 0) is 41.8 Å². The van der Waals surface area contributed by atoms with Crippen molar-refractivity contribution in [2.45, 2.75) is 19.4 Å². The summed E-state index contributed by atoms with van der Waals surface area (Å²) >= 11 is 0. The minimum Gasteiger partial charge on any atom is -0.497 e. The summed E-state index contributed by atoms with van der Waals surface area (Å²) < 4.78 is 30.3. The van der Waals surface area contributed by atoms with Crippen molar-refractivity contribution in [3.05, 3.63) is 59.9 Å². The molecule has 0 spiro atoms. The van der Waals surface area contributed by atoms with E-state index in [-0.39, 0.29) is 25.4 Å². The number of sulfonamides is 1. The van der Waals surface area contributed by atoms with Gasteiger partial charge in [0.1, 0.15) is 5.75 Å². The number of methoxy groups -OCH3 is 1. The highest BCUT2D eigenvalue weighted by molar-refractivity contribution is 7.88. The van der Waals surface area contributed by atoms with Gasteiger partial charge in [0, 0.05) is 38.4 Å². The largest absolute Gasteiger partial charge is 0.497 e. The number of aromatic nitrogens is 1. The molecule has 1 amide bonds. The number of hydrogen-bond donors (Lipinski definition) is 1. The van der Waals surface area contributed by atoms with Gasteiger partial charge < -0.3 is 10.1 Å². The molecule has 0 aliphatic heterocycles. The highest BCUT2D eigenvalue weighted by Gasteiger charge is 2.18. The van der Waals surface area contributed by atoms with Crippen LogP contribution in [0.2, 0.25) is 0 Å². The number of carbonyl (C=O) groups excluding carboxylic acids is 1. The van der Waals surface area contributed by atoms with Crippen LogP contribution in [0.25, 0.3) is 0 Å². The molecule has 146 valence electrons. The van der Waals surface area contributed by atoms with Crippen LogP contribution < -0.4 is 10.1 Å². The lowest BCUT2D eigenvalue weighted by atomic mass is 10.1. The number of rotatable bonds is 10. The molecule has 1 aromatic heterocycles. The van der Waals surface area contributed by atoms with Crippen molar-refractivity contribution in [3.8, 4) is 5.75 Å². The van der Waals surface area contributed by atoms with E-state index in [2.05, 4.69) is 10.3 Å². The van der Waals surface area contributed by atoms with Gasteiger partial charge in [-0.3, -0.25) is 9.78 Å². The number of nitrogens with one attached hydrogen (secondary N) is 1. The van der Waals surface area contributed by atoms with Gasteiger partial charge in [-0.25, -0.2) is 8.42 Å². The van der Waals surface area contributed by atoms with Crippen molar-refractivity contribution in [3.63, 3.8) is 0 Å². The number of benzene rings is 1. The van der Waals surface area contributed by atoms with Crippen molar-refractivity contribution < 1.29 is 17.9 Å². The molecule has 1 aromatic carbocycles. The molecule has 1 heterocycles. The fourth-order valence-corrected chi connectivity index (χ4v) is 3.31. The van der Waals surface area contributed by atoms with E-state index in [0.717, 1.165) is 23.1 Å². The Hall–Kier alpha value is -2.45. The van der Waals surface area contributed by atoms with E-state index in [1.807, 2.05) is 24.3 Å². The smallest absolute Gasteiger partial charge is 0.221 e. The van der Waals surface area contributed by atoms with Gasteiger partial charge in [0.25, 0.3) is 0 Å². The van der Waals surface area contributed by atoms with Crippen LogP contribution in [0.15, 0.2) is 48.8 Å². The minimum absolute atomic E-state index is 0.112. The zero-order valence-electron chi connectivity index (χ0n) is 15.6. The summed E-state index contributed by atoms with van der Waals surface area (Å²) in [5, 5.41) is 2.83. The van der Waals surface area contributed by atoms with Crippen molar-refractivity contribution in [1.82, 2.24) is 14.6 Å². The van der Waals surface area contributed by atoms with E-state index in [4.69, 9.17) is 4.74 Å². The number of hydrogen-bond acceptors (Lipinski definition) is 5. The van der Waals surface area contributed by atoms with Gasteiger partial charge >= 0.3 is 0 Å². The second-order valence-electron chi connectivity index (χ2n) is 6.15. The topological polar surface area (TPSA) is 88.6 Å². The summed E-state index contributed by atoms with van der Waals surface area (Å²) in [5.74, 6) is 0.615. The molecule has 2 rings (SSSR count). The molecule has 0 saturated carbocycles. The highest BCUT2D eigenvalue weighted by atomic mass is 32.2. The molecule has 1 N–H and O–H groups in total. The lowest BCUT2D eigenvalue weighted by Gasteiger charge is -2.19. The first-order chi connectivity index (χ1) is 12.9. The summed E-state index contributed by atoms with van der Waals surface area (Å²) in [7, 11) is -1.79. The van der Waals surface area contributed by atoms with Gasteiger partial charge in [-0.2, -0.15) is 4.31 Å². The molecule has 2 aromatic rings. The Morgan fingerprint density at radius 1 is 1.11 bits per heavy atom. The van der Waals surface area contributed by atoms with Crippen LogP contribution in [0.3, 0.4) is 0 Å². The van der Waals surface area contributed by atoms with Gasteiger partial charge in [-0.15, -0.1) is 0 Å². The monoisotopic (exact) mass is 391 g/mol. The Bertz CT molecular complexity index is 824. The first-order valence-corrected chi connectivity index (χ1v) is 10.5. The molecular formula is C19H25N3O4S. The second-order valence-corrected chi connectivity index (χ2v) is 8.13. The van der Waals surface area contributed by atoms with Crippen LogP contribution in [-0.4, -0.2) is 50.1 Å². The number of carbonyl (C=O) groups is 1. The summed E-state index contributed by atoms with van der Waals surface area (Å²) in [6, 6.07) is 11.2. The number of pyridine rings is 1. The van der Waals surface area contributed by atoms with Crippen LogP contribution in [0.4, 0.5) is 0 Å². The molecule has 0 radical (unpaired) electrons. The SMILES string of the molecule is COc1ccc(CCNC(=O)CCN(Cc2ccncc2)S(C)(=O)=O)cc1. The maximum Gasteiger partial charge on any atom is 0.221 e. The molecule has 7 nitrogen and oxygen atoms in total. The molecule has 0 saturated heterocycles. The minimum atomic E-state index is -3.41. The van der Waals surface area contributed by atoms with E-state index >= 15 is 0 Å². The lowest BCUT2D eigenvalue weighted by molar-refractivity contribution is -0.121. The lowest BCUT2D eigenvalue weighted by Crippen LogP contribution is -2.34. The molecule has 0 aliphatic carbocycles. The first kappa shape index (κ1) is 20.9. The molecular weight excluding hydrogens is 366 g/mol. The van der Waals surface area contributed by atoms with E-state index in [9.17, 15) is 13.2 Å². The average Bonchev–Trinajstić information content (AvgIpc) is 2.65. The fraction of sp³-hybridized carbons (Fsp3) is 0.368.